The Hall–Kier alpha value is -1.84. The fourth-order valence-corrected chi connectivity index (χ4v) is 2.16. The molecule has 0 N–H and O–H groups in total. The van der Waals surface area contributed by atoms with Crippen LogP contribution in [0.5, 0.6) is 0 Å². The summed E-state index contributed by atoms with van der Waals surface area (Å²) in [5.74, 6) is -2.33. The quantitative estimate of drug-likeness (QED) is 0.792. The average Bonchev–Trinajstić information content (AvgIpc) is 2.48. The van der Waals surface area contributed by atoms with Crippen molar-refractivity contribution in [1.29, 1.82) is 5.26 Å². The number of ketones is 1. The molecule has 2 unspecified atom stereocenters. The number of carbonyl (C=O) groups excluding carboxylic acids is 1. The van der Waals surface area contributed by atoms with Crippen LogP contribution < -0.4 is 0 Å². The number of ether oxygens (including phenoxy) is 1. The Morgan fingerprint density at radius 2 is 2.25 bits per heavy atom. The zero-order valence-electron chi connectivity index (χ0n) is 11.0. The van der Waals surface area contributed by atoms with E-state index in [1.807, 2.05) is 6.07 Å². The molecule has 106 valence electrons. The molecule has 4 nitrogen and oxygen atoms in total. The van der Waals surface area contributed by atoms with Crippen molar-refractivity contribution in [3.63, 3.8) is 0 Å². The van der Waals surface area contributed by atoms with Gasteiger partial charge in [0.15, 0.2) is 23.5 Å². The standard InChI is InChI=1S/C14H14F2N2O2/c1-9(18-4-5-20-11(7-17)8-18)14(19)10-2-3-12(15)13(16)6-10/h2-3,6,9,11H,4-5,8H2,1H3. The average molecular weight is 280 g/mol. The highest BCUT2D eigenvalue weighted by Crippen LogP contribution is 2.15. The van der Waals surface area contributed by atoms with Crippen molar-refractivity contribution in [2.24, 2.45) is 0 Å². The molecule has 0 aliphatic carbocycles. The summed E-state index contributed by atoms with van der Waals surface area (Å²) in [6, 6.07) is 4.58. The second-order valence-corrected chi connectivity index (χ2v) is 4.65. The van der Waals surface area contributed by atoms with E-state index < -0.39 is 23.8 Å². The Bertz CT molecular complexity index is 557. The minimum atomic E-state index is -1.04. The van der Waals surface area contributed by atoms with Gasteiger partial charge in [-0.05, 0) is 25.1 Å². The molecule has 0 bridgehead atoms. The third-order valence-electron chi connectivity index (χ3n) is 3.37. The van der Waals surface area contributed by atoms with E-state index in [4.69, 9.17) is 10.00 Å². The van der Waals surface area contributed by atoms with Crippen molar-refractivity contribution in [3.8, 4) is 6.07 Å². The van der Waals surface area contributed by atoms with Crippen LogP contribution in [0.4, 0.5) is 8.78 Å². The van der Waals surface area contributed by atoms with Crippen LogP contribution in [0.1, 0.15) is 17.3 Å². The van der Waals surface area contributed by atoms with E-state index >= 15 is 0 Å². The normalized spacial score (nSPS) is 21.2. The van der Waals surface area contributed by atoms with Crippen molar-refractivity contribution in [1.82, 2.24) is 4.90 Å². The Morgan fingerprint density at radius 1 is 1.50 bits per heavy atom. The van der Waals surface area contributed by atoms with Crippen molar-refractivity contribution in [2.75, 3.05) is 19.7 Å². The fraction of sp³-hybridized carbons (Fsp3) is 0.429. The van der Waals surface area contributed by atoms with Gasteiger partial charge in [-0.3, -0.25) is 9.69 Å². The number of benzene rings is 1. The highest BCUT2D eigenvalue weighted by molar-refractivity contribution is 5.99. The summed E-state index contributed by atoms with van der Waals surface area (Å²) < 4.78 is 31.2. The van der Waals surface area contributed by atoms with Crippen LogP contribution in [0, 0.1) is 23.0 Å². The van der Waals surface area contributed by atoms with Gasteiger partial charge in [-0.15, -0.1) is 0 Å². The molecule has 20 heavy (non-hydrogen) atoms. The molecule has 1 aromatic carbocycles. The summed E-state index contributed by atoms with van der Waals surface area (Å²) in [6.07, 6.45) is -0.566. The van der Waals surface area contributed by atoms with E-state index in [0.717, 1.165) is 12.1 Å². The van der Waals surface area contributed by atoms with Crippen molar-refractivity contribution in [2.45, 2.75) is 19.1 Å². The molecule has 0 radical (unpaired) electrons. The first-order valence-corrected chi connectivity index (χ1v) is 6.27. The molecule has 1 heterocycles. The van der Waals surface area contributed by atoms with E-state index in [9.17, 15) is 13.6 Å². The highest BCUT2D eigenvalue weighted by atomic mass is 19.2. The summed E-state index contributed by atoms with van der Waals surface area (Å²) >= 11 is 0. The number of hydrogen-bond acceptors (Lipinski definition) is 4. The minimum Gasteiger partial charge on any atom is -0.361 e. The van der Waals surface area contributed by atoms with E-state index in [0.29, 0.717) is 19.7 Å². The molecule has 0 saturated carbocycles. The molecule has 0 amide bonds. The number of morpholine rings is 1. The maximum absolute atomic E-state index is 13.2. The van der Waals surface area contributed by atoms with Gasteiger partial charge < -0.3 is 4.74 Å². The topological polar surface area (TPSA) is 53.3 Å². The lowest BCUT2D eigenvalue weighted by molar-refractivity contribution is -0.0109. The summed E-state index contributed by atoms with van der Waals surface area (Å²) in [5.41, 5.74) is 0.122. The molecular weight excluding hydrogens is 266 g/mol. The molecule has 1 aliphatic heterocycles. The number of Topliss-reactive ketones (excluding diaryl/α,β-unsaturated/α-hetero) is 1. The molecule has 1 aliphatic rings. The minimum absolute atomic E-state index is 0.122. The van der Waals surface area contributed by atoms with Crippen LogP contribution in [0.25, 0.3) is 0 Å². The van der Waals surface area contributed by atoms with Gasteiger partial charge in [-0.1, -0.05) is 0 Å². The second-order valence-electron chi connectivity index (χ2n) is 4.65. The molecule has 0 spiro atoms. The predicted molar refractivity (Wildman–Crippen MR) is 67.1 cm³/mol. The maximum atomic E-state index is 13.2. The van der Waals surface area contributed by atoms with Gasteiger partial charge in [0.2, 0.25) is 0 Å². The van der Waals surface area contributed by atoms with Gasteiger partial charge in [0.05, 0.1) is 18.7 Å². The first kappa shape index (κ1) is 14.6. The number of halogens is 2. The first-order chi connectivity index (χ1) is 9.52. The summed E-state index contributed by atoms with van der Waals surface area (Å²) in [5, 5.41) is 8.84. The highest BCUT2D eigenvalue weighted by Gasteiger charge is 2.28. The summed E-state index contributed by atoms with van der Waals surface area (Å²) in [6.45, 7) is 2.90. The van der Waals surface area contributed by atoms with Crippen LogP contribution >= 0.6 is 0 Å². The lowest BCUT2D eigenvalue weighted by Gasteiger charge is -2.33. The van der Waals surface area contributed by atoms with Crippen LogP contribution in [-0.4, -0.2) is 42.5 Å². The molecule has 6 heteroatoms. The Balaban J connectivity index is 2.12. The van der Waals surface area contributed by atoms with E-state index in [2.05, 4.69) is 0 Å². The van der Waals surface area contributed by atoms with Gasteiger partial charge in [-0.2, -0.15) is 5.26 Å². The first-order valence-electron chi connectivity index (χ1n) is 6.27. The zero-order valence-corrected chi connectivity index (χ0v) is 11.0. The molecule has 0 aromatic heterocycles. The van der Waals surface area contributed by atoms with Gasteiger partial charge in [-0.25, -0.2) is 8.78 Å². The maximum Gasteiger partial charge on any atom is 0.179 e. The van der Waals surface area contributed by atoms with E-state index in [1.54, 1.807) is 11.8 Å². The van der Waals surface area contributed by atoms with Crippen LogP contribution in [0.3, 0.4) is 0 Å². The fourth-order valence-electron chi connectivity index (χ4n) is 2.16. The third kappa shape index (κ3) is 3.00. The predicted octanol–water partition coefficient (Wildman–Crippen LogP) is 1.76. The molecular formula is C14H14F2N2O2. The summed E-state index contributed by atoms with van der Waals surface area (Å²) in [4.78, 5) is 14.1. The van der Waals surface area contributed by atoms with Gasteiger partial charge in [0.25, 0.3) is 0 Å². The Morgan fingerprint density at radius 3 is 2.90 bits per heavy atom. The van der Waals surface area contributed by atoms with E-state index in [-0.39, 0.29) is 11.3 Å². The van der Waals surface area contributed by atoms with Gasteiger partial charge in [0, 0.05) is 18.7 Å². The molecule has 1 fully saturated rings. The molecule has 2 rings (SSSR count). The van der Waals surface area contributed by atoms with Crippen LogP contribution in [0.2, 0.25) is 0 Å². The lowest BCUT2D eigenvalue weighted by Crippen LogP contribution is -2.49. The van der Waals surface area contributed by atoms with Crippen molar-refractivity contribution >= 4 is 5.78 Å². The SMILES string of the molecule is CC(C(=O)c1ccc(F)c(F)c1)N1CCOC(C#N)C1. The monoisotopic (exact) mass is 280 g/mol. The number of rotatable bonds is 3. The largest absolute Gasteiger partial charge is 0.361 e. The number of nitrogens with zero attached hydrogens (tertiary/aromatic N) is 2. The van der Waals surface area contributed by atoms with Gasteiger partial charge >= 0.3 is 0 Å². The van der Waals surface area contributed by atoms with Crippen LogP contribution in [0.15, 0.2) is 18.2 Å². The number of hydrogen-bond donors (Lipinski definition) is 0. The Kier molecular flexibility index (Phi) is 4.42. The number of nitriles is 1. The molecule has 1 saturated heterocycles. The molecule has 2 atom stereocenters. The van der Waals surface area contributed by atoms with Crippen molar-refractivity contribution < 1.29 is 18.3 Å². The van der Waals surface area contributed by atoms with Crippen molar-refractivity contribution in [3.05, 3.63) is 35.4 Å². The Labute approximate surface area is 115 Å². The lowest BCUT2D eigenvalue weighted by atomic mass is 10.0. The molecule has 1 aromatic rings. The van der Waals surface area contributed by atoms with E-state index in [1.165, 1.54) is 6.07 Å². The third-order valence-corrected chi connectivity index (χ3v) is 3.37. The smallest absolute Gasteiger partial charge is 0.179 e. The zero-order chi connectivity index (χ0) is 14.7. The van der Waals surface area contributed by atoms with Crippen LogP contribution in [-0.2, 0) is 4.74 Å². The van der Waals surface area contributed by atoms with Gasteiger partial charge in [0.1, 0.15) is 0 Å². The number of carbonyl (C=O) groups is 1. The second kappa shape index (κ2) is 6.07. The summed E-state index contributed by atoms with van der Waals surface area (Å²) in [7, 11) is 0.